The van der Waals surface area contributed by atoms with Gasteiger partial charge in [0.25, 0.3) is 0 Å². The average molecular weight is 376 g/mol. The molecule has 0 saturated carbocycles. The van der Waals surface area contributed by atoms with Gasteiger partial charge in [0, 0.05) is 17.7 Å². The lowest BCUT2D eigenvalue weighted by atomic mass is 10.00. The van der Waals surface area contributed by atoms with Crippen LogP contribution in [0.1, 0.15) is 16.7 Å². The summed E-state index contributed by atoms with van der Waals surface area (Å²) in [6.07, 6.45) is 1.51. The number of aryl methyl sites for hydroxylation is 2. The Morgan fingerprint density at radius 2 is 1.96 bits per heavy atom. The summed E-state index contributed by atoms with van der Waals surface area (Å²) >= 11 is 0. The van der Waals surface area contributed by atoms with Crippen LogP contribution < -0.4 is 10.1 Å². The number of rotatable bonds is 5. The Morgan fingerprint density at radius 1 is 1.14 bits per heavy atom. The monoisotopic (exact) mass is 376 g/mol. The van der Waals surface area contributed by atoms with E-state index < -0.39 is 0 Å². The van der Waals surface area contributed by atoms with E-state index in [1.165, 1.54) is 15.8 Å². The normalized spacial score (nSPS) is 13.3. The molecule has 2 aromatic carbocycles. The standard InChI is InChI=1S/C22H24N4O2/c1-15-4-3-5-16(14-15)6-11-19-20(17-7-9-18(28-2)10-8-17)25-26(21(19)27)22-23-12-13-24-22/h3-5,7-10,14,27H,6,11-13H2,1-2H3,(H,23,24). The van der Waals surface area contributed by atoms with Gasteiger partial charge in [-0.1, -0.05) is 29.8 Å². The Balaban J connectivity index is 1.71. The molecule has 1 aliphatic heterocycles. The highest BCUT2D eigenvalue weighted by atomic mass is 16.5. The molecule has 0 radical (unpaired) electrons. The average Bonchev–Trinajstić information content (AvgIpc) is 3.35. The van der Waals surface area contributed by atoms with Crippen LogP contribution >= 0.6 is 0 Å². The lowest BCUT2D eigenvalue weighted by molar-refractivity contribution is 0.415. The molecule has 1 aliphatic rings. The van der Waals surface area contributed by atoms with E-state index in [-0.39, 0.29) is 5.88 Å². The molecule has 0 unspecified atom stereocenters. The van der Waals surface area contributed by atoms with Crippen molar-refractivity contribution in [3.05, 3.63) is 65.2 Å². The Labute approximate surface area is 164 Å². The molecule has 0 atom stereocenters. The lowest BCUT2D eigenvalue weighted by Gasteiger charge is -2.06. The van der Waals surface area contributed by atoms with Crippen molar-refractivity contribution in [2.24, 2.45) is 4.99 Å². The first kappa shape index (κ1) is 18.1. The summed E-state index contributed by atoms with van der Waals surface area (Å²) < 4.78 is 6.77. The first-order valence-electron chi connectivity index (χ1n) is 9.45. The number of nitrogens with zero attached hydrogens (tertiary/aromatic N) is 3. The first-order chi connectivity index (χ1) is 13.7. The van der Waals surface area contributed by atoms with Gasteiger partial charge >= 0.3 is 0 Å². The van der Waals surface area contributed by atoms with E-state index in [1.807, 2.05) is 24.3 Å². The van der Waals surface area contributed by atoms with Crippen LogP contribution in [-0.4, -0.2) is 41.0 Å². The summed E-state index contributed by atoms with van der Waals surface area (Å²) in [6, 6.07) is 16.2. The minimum atomic E-state index is 0.145. The predicted octanol–water partition coefficient (Wildman–Crippen LogP) is 3.17. The number of aliphatic imine (C=N–C) groups is 1. The molecular weight excluding hydrogens is 352 g/mol. The highest BCUT2D eigenvalue weighted by molar-refractivity contribution is 5.85. The fourth-order valence-corrected chi connectivity index (χ4v) is 3.46. The van der Waals surface area contributed by atoms with Gasteiger partial charge in [0.05, 0.1) is 13.7 Å². The number of aromatic hydroxyl groups is 1. The molecule has 0 amide bonds. The summed E-state index contributed by atoms with van der Waals surface area (Å²) in [4.78, 5) is 4.40. The van der Waals surface area contributed by atoms with Crippen molar-refractivity contribution in [2.45, 2.75) is 19.8 Å². The number of methoxy groups -OCH3 is 1. The molecule has 3 aromatic rings. The van der Waals surface area contributed by atoms with Gasteiger partial charge in [-0.15, -0.1) is 0 Å². The maximum Gasteiger partial charge on any atom is 0.222 e. The number of hydrogen-bond acceptors (Lipinski definition) is 5. The van der Waals surface area contributed by atoms with E-state index in [0.717, 1.165) is 35.5 Å². The zero-order valence-electron chi connectivity index (χ0n) is 16.1. The largest absolute Gasteiger partial charge is 0.497 e. The molecular formula is C22H24N4O2. The van der Waals surface area contributed by atoms with Crippen LogP contribution in [0.5, 0.6) is 11.6 Å². The van der Waals surface area contributed by atoms with E-state index in [2.05, 4.69) is 46.6 Å². The number of benzene rings is 2. The van der Waals surface area contributed by atoms with Crippen LogP contribution in [0.4, 0.5) is 0 Å². The lowest BCUT2D eigenvalue weighted by Crippen LogP contribution is -2.26. The summed E-state index contributed by atoms with van der Waals surface area (Å²) in [5, 5.41) is 18.8. The summed E-state index contributed by atoms with van der Waals surface area (Å²) in [6.45, 7) is 3.53. The molecule has 0 aliphatic carbocycles. The maximum absolute atomic E-state index is 10.9. The van der Waals surface area contributed by atoms with Crippen molar-refractivity contribution in [1.82, 2.24) is 15.1 Å². The number of ether oxygens (including phenoxy) is 1. The zero-order valence-corrected chi connectivity index (χ0v) is 16.1. The topological polar surface area (TPSA) is 71.7 Å². The maximum atomic E-state index is 10.9. The van der Waals surface area contributed by atoms with Crippen LogP contribution in [0.25, 0.3) is 11.3 Å². The second kappa shape index (κ2) is 7.76. The van der Waals surface area contributed by atoms with Gasteiger partial charge in [0.15, 0.2) is 0 Å². The third-order valence-electron chi connectivity index (χ3n) is 4.92. The van der Waals surface area contributed by atoms with E-state index >= 15 is 0 Å². The third kappa shape index (κ3) is 3.58. The second-order valence-corrected chi connectivity index (χ2v) is 6.91. The molecule has 0 spiro atoms. The Kier molecular flexibility index (Phi) is 5.02. The van der Waals surface area contributed by atoms with Crippen LogP contribution in [0.3, 0.4) is 0 Å². The van der Waals surface area contributed by atoms with Gasteiger partial charge in [-0.25, -0.2) is 4.99 Å². The minimum absolute atomic E-state index is 0.145. The van der Waals surface area contributed by atoms with E-state index in [9.17, 15) is 5.11 Å². The fourth-order valence-electron chi connectivity index (χ4n) is 3.46. The van der Waals surface area contributed by atoms with Gasteiger partial charge in [0.1, 0.15) is 11.4 Å². The second-order valence-electron chi connectivity index (χ2n) is 6.91. The van der Waals surface area contributed by atoms with Crippen LogP contribution in [0, 0.1) is 6.92 Å². The summed E-state index contributed by atoms with van der Waals surface area (Å²) in [5.74, 6) is 1.52. The fraction of sp³-hybridized carbons (Fsp3) is 0.273. The minimum Gasteiger partial charge on any atom is -0.497 e. The van der Waals surface area contributed by atoms with Crippen LogP contribution in [0.15, 0.2) is 53.5 Å². The van der Waals surface area contributed by atoms with Gasteiger partial charge < -0.3 is 15.2 Å². The van der Waals surface area contributed by atoms with Gasteiger partial charge in [-0.05, 0) is 49.6 Å². The zero-order chi connectivity index (χ0) is 19.5. The number of hydrogen-bond donors (Lipinski definition) is 2. The molecule has 0 fully saturated rings. The van der Waals surface area contributed by atoms with Crippen molar-refractivity contribution in [2.75, 3.05) is 20.2 Å². The first-order valence-corrected chi connectivity index (χ1v) is 9.45. The Hall–Kier alpha value is -3.28. The van der Waals surface area contributed by atoms with Crippen molar-refractivity contribution >= 4 is 5.96 Å². The van der Waals surface area contributed by atoms with Crippen molar-refractivity contribution in [1.29, 1.82) is 0 Å². The van der Waals surface area contributed by atoms with E-state index in [1.54, 1.807) is 7.11 Å². The predicted molar refractivity (Wildman–Crippen MR) is 110 cm³/mol. The Morgan fingerprint density at radius 3 is 2.64 bits per heavy atom. The molecule has 6 heteroatoms. The molecule has 6 nitrogen and oxygen atoms in total. The molecule has 0 bridgehead atoms. The molecule has 28 heavy (non-hydrogen) atoms. The highest BCUT2D eigenvalue weighted by Gasteiger charge is 2.22. The SMILES string of the molecule is COc1ccc(-c2nn(C3=NCCN3)c(O)c2CCc2cccc(C)c2)cc1. The molecule has 0 saturated heterocycles. The number of aromatic nitrogens is 2. The number of nitrogens with one attached hydrogen (secondary N) is 1. The van der Waals surface area contributed by atoms with Gasteiger partial charge in [-0.3, -0.25) is 0 Å². The van der Waals surface area contributed by atoms with Gasteiger partial charge in [-0.2, -0.15) is 9.78 Å². The van der Waals surface area contributed by atoms with Crippen LogP contribution in [-0.2, 0) is 12.8 Å². The van der Waals surface area contributed by atoms with Crippen LogP contribution in [0.2, 0.25) is 0 Å². The van der Waals surface area contributed by atoms with Crippen molar-refractivity contribution in [3.63, 3.8) is 0 Å². The van der Waals surface area contributed by atoms with E-state index in [4.69, 9.17) is 4.74 Å². The Bertz CT molecular complexity index is 1010. The highest BCUT2D eigenvalue weighted by Crippen LogP contribution is 2.32. The smallest absolute Gasteiger partial charge is 0.222 e. The third-order valence-corrected chi connectivity index (χ3v) is 4.92. The molecule has 2 heterocycles. The van der Waals surface area contributed by atoms with Gasteiger partial charge in [0.2, 0.25) is 11.8 Å². The molecule has 144 valence electrons. The summed E-state index contributed by atoms with van der Waals surface area (Å²) in [5.41, 5.74) is 5.00. The molecule has 2 N–H and O–H groups in total. The van der Waals surface area contributed by atoms with Crippen molar-refractivity contribution < 1.29 is 9.84 Å². The molecule has 1 aromatic heterocycles. The van der Waals surface area contributed by atoms with Crippen molar-refractivity contribution in [3.8, 4) is 22.9 Å². The summed E-state index contributed by atoms with van der Waals surface area (Å²) in [7, 11) is 1.65. The quantitative estimate of drug-likeness (QED) is 0.718. The molecule has 4 rings (SSSR count). The van der Waals surface area contributed by atoms with E-state index in [0.29, 0.717) is 18.9 Å².